The summed E-state index contributed by atoms with van der Waals surface area (Å²) in [6, 6.07) is 0. The molecule has 21 heteroatoms. The van der Waals surface area contributed by atoms with Gasteiger partial charge in [0.1, 0.15) is 0 Å². The summed E-state index contributed by atoms with van der Waals surface area (Å²) in [5.74, 6) is -4.41. The molecule has 0 saturated heterocycles. The van der Waals surface area contributed by atoms with E-state index in [9.17, 15) is 79.0 Å². The zero-order valence-electron chi connectivity index (χ0n) is 15.3. The van der Waals surface area contributed by atoms with Crippen LogP contribution in [0.3, 0.4) is 0 Å². The van der Waals surface area contributed by atoms with E-state index in [0.717, 1.165) is 0 Å². The minimum atomic E-state index is -7.12. The molecule has 34 heavy (non-hydrogen) atoms. The lowest BCUT2D eigenvalue weighted by molar-refractivity contribution is -0.394. The van der Waals surface area contributed by atoms with Crippen molar-refractivity contribution in [3.05, 3.63) is 0 Å². The van der Waals surface area contributed by atoms with Gasteiger partial charge in [-0.25, -0.2) is 0 Å². The summed E-state index contributed by atoms with van der Waals surface area (Å²) in [4.78, 5) is 0. The lowest BCUT2D eigenvalue weighted by Gasteiger charge is -2.42. The molecule has 0 aromatic rings. The summed E-state index contributed by atoms with van der Waals surface area (Å²) in [6.45, 7) is 0. The molecule has 0 bridgehead atoms. The molecular formula is C13H10F18O3. The highest BCUT2D eigenvalue weighted by molar-refractivity contribution is 5.04. The Labute approximate surface area is 174 Å². The highest BCUT2D eigenvalue weighted by atomic mass is 19.4. The standard InChI is InChI=1S/C13H10F18O3/c14-8(15,16)5(32,9(17,18)19)1-4(2-6(33,10(20,21)22)11(23,24)25)3-7(34,12(26,27)28)13(29,30)31/h4,32-34H,1-3H2. The second-order valence-corrected chi connectivity index (χ2v) is 7.05. The van der Waals surface area contributed by atoms with Gasteiger partial charge in [0.15, 0.2) is 0 Å². The van der Waals surface area contributed by atoms with Gasteiger partial charge in [-0.15, -0.1) is 0 Å². The zero-order valence-corrected chi connectivity index (χ0v) is 15.3. The van der Waals surface area contributed by atoms with Crippen molar-refractivity contribution in [2.24, 2.45) is 5.92 Å². The molecule has 0 spiro atoms. The zero-order chi connectivity index (χ0) is 28.2. The monoisotopic (exact) mass is 556 g/mol. The molecule has 0 amide bonds. The van der Waals surface area contributed by atoms with Crippen LogP contribution in [0.25, 0.3) is 0 Å². The molecule has 0 aliphatic heterocycles. The average Bonchev–Trinajstić information content (AvgIpc) is 2.47. The fourth-order valence-electron chi connectivity index (χ4n) is 2.65. The van der Waals surface area contributed by atoms with Crippen LogP contribution in [0.1, 0.15) is 19.3 Å². The van der Waals surface area contributed by atoms with Crippen LogP contribution in [0.2, 0.25) is 0 Å². The SMILES string of the molecule is OC(CC(CC(O)(C(F)(F)F)C(F)(F)F)CC(O)(C(F)(F)F)C(F)(F)F)(C(F)(F)F)C(F)(F)F. The third-order valence-corrected chi connectivity index (χ3v) is 4.57. The molecule has 206 valence electrons. The van der Waals surface area contributed by atoms with E-state index in [1.807, 2.05) is 0 Å². The minimum Gasteiger partial charge on any atom is -0.374 e. The van der Waals surface area contributed by atoms with E-state index in [4.69, 9.17) is 15.3 Å². The second-order valence-electron chi connectivity index (χ2n) is 7.05. The maximum Gasteiger partial charge on any atom is 0.426 e. The molecule has 3 N–H and O–H groups in total. The van der Waals surface area contributed by atoms with Gasteiger partial charge in [-0.2, -0.15) is 79.0 Å². The van der Waals surface area contributed by atoms with Gasteiger partial charge in [0, 0.05) is 0 Å². The molecule has 0 fully saturated rings. The number of rotatable bonds is 6. The molecule has 0 saturated carbocycles. The van der Waals surface area contributed by atoms with Gasteiger partial charge < -0.3 is 15.3 Å². The minimum absolute atomic E-state index is 3.73. The van der Waals surface area contributed by atoms with Gasteiger partial charge in [-0.3, -0.25) is 0 Å². The van der Waals surface area contributed by atoms with Crippen molar-refractivity contribution >= 4 is 0 Å². The molecule has 3 nitrogen and oxygen atoms in total. The van der Waals surface area contributed by atoms with Crippen LogP contribution in [-0.4, -0.2) is 69.2 Å². The number of hydrogen-bond donors (Lipinski definition) is 3. The molecule has 0 aliphatic rings. The quantitative estimate of drug-likeness (QED) is 0.388. The van der Waals surface area contributed by atoms with Crippen molar-refractivity contribution in [3.63, 3.8) is 0 Å². The van der Waals surface area contributed by atoms with Gasteiger partial charge in [0.25, 0.3) is 16.8 Å². The molecule has 0 rings (SSSR count). The Hall–Kier alpha value is -1.38. The molecule has 0 aliphatic carbocycles. The number of alkyl halides is 18. The van der Waals surface area contributed by atoms with Crippen LogP contribution < -0.4 is 0 Å². The maximum atomic E-state index is 12.8. The first-order valence-corrected chi connectivity index (χ1v) is 7.86. The van der Waals surface area contributed by atoms with Crippen LogP contribution in [0, 0.1) is 5.92 Å². The summed E-state index contributed by atoms with van der Waals surface area (Å²) in [5, 5.41) is 26.8. The Kier molecular flexibility index (Phi) is 8.28. The lowest BCUT2D eigenvalue weighted by atomic mass is 9.75. The van der Waals surface area contributed by atoms with Crippen molar-refractivity contribution in [3.8, 4) is 0 Å². The average molecular weight is 556 g/mol. The Balaban J connectivity index is 7.06. The van der Waals surface area contributed by atoms with E-state index in [2.05, 4.69) is 0 Å². The van der Waals surface area contributed by atoms with Gasteiger partial charge in [-0.05, 0) is 25.2 Å². The first kappa shape index (κ1) is 32.6. The summed E-state index contributed by atoms with van der Waals surface area (Å²) in [7, 11) is 0. The van der Waals surface area contributed by atoms with E-state index < -0.39 is 79.0 Å². The first-order chi connectivity index (χ1) is 14.3. The lowest BCUT2D eigenvalue weighted by Crippen LogP contribution is -2.63. The molecule has 0 aromatic carbocycles. The van der Waals surface area contributed by atoms with Crippen LogP contribution in [0.15, 0.2) is 0 Å². The fourth-order valence-corrected chi connectivity index (χ4v) is 2.65. The van der Waals surface area contributed by atoms with E-state index in [1.165, 1.54) is 0 Å². The van der Waals surface area contributed by atoms with E-state index >= 15 is 0 Å². The Morgan fingerprint density at radius 2 is 0.441 bits per heavy atom. The Bertz CT molecular complexity index is 554. The topological polar surface area (TPSA) is 60.7 Å². The summed E-state index contributed by atoms with van der Waals surface area (Å²) in [6.07, 6.45) is -53.9. The smallest absolute Gasteiger partial charge is 0.374 e. The van der Waals surface area contributed by atoms with Crippen molar-refractivity contribution in [1.29, 1.82) is 0 Å². The van der Waals surface area contributed by atoms with Crippen molar-refractivity contribution < 1.29 is 94.3 Å². The largest absolute Gasteiger partial charge is 0.426 e. The molecule has 0 atom stereocenters. The molecule has 0 aromatic heterocycles. The molecular weight excluding hydrogens is 546 g/mol. The third-order valence-electron chi connectivity index (χ3n) is 4.57. The third kappa shape index (κ3) is 5.88. The van der Waals surface area contributed by atoms with Gasteiger partial charge in [0.05, 0.1) is 0 Å². The molecule has 0 heterocycles. The van der Waals surface area contributed by atoms with Crippen LogP contribution >= 0.6 is 0 Å². The highest BCUT2D eigenvalue weighted by Gasteiger charge is 2.76. The Morgan fingerprint density at radius 3 is 0.529 bits per heavy atom. The predicted molar refractivity (Wildman–Crippen MR) is 68.5 cm³/mol. The summed E-state index contributed by atoms with van der Waals surface area (Å²) >= 11 is 0. The van der Waals surface area contributed by atoms with Crippen LogP contribution in [-0.2, 0) is 0 Å². The number of halogens is 18. The Morgan fingerprint density at radius 1 is 0.324 bits per heavy atom. The van der Waals surface area contributed by atoms with Crippen LogP contribution in [0.4, 0.5) is 79.0 Å². The summed E-state index contributed by atoms with van der Waals surface area (Å²) in [5.41, 5.74) is -19.4. The van der Waals surface area contributed by atoms with E-state index in [0.29, 0.717) is 0 Å². The number of hydrogen-bond acceptors (Lipinski definition) is 3. The van der Waals surface area contributed by atoms with Gasteiger partial charge in [-0.1, -0.05) is 0 Å². The molecule has 0 radical (unpaired) electrons. The van der Waals surface area contributed by atoms with Crippen molar-refractivity contribution in [1.82, 2.24) is 0 Å². The highest BCUT2D eigenvalue weighted by Crippen LogP contribution is 2.55. The van der Waals surface area contributed by atoms with Crippen molar-refractivity contribution in [2.45, 2.75) is 73.1 Å². The van der Waals surface area contributed by atoms with Gasteiger partial charge in [0.2, 0.25) is 0 Å². The van der Waals surface area contributed by atoms with E-state index in [-0.39, 0.29) is 0 Å². The van der Waals surface area contributed by atoms with Crippen molar-refractivity contribution in [2.75, 3.05) is 0 Å². The maximum absolute atomic E-state index is 12.8. The summed E-state index contributed by atoms with van der Waals surface area (Å²) < 4.78 is 230. The van der Waals surface area contributed by atoms with E-state index in [1.54, 1.807) is 0 Å². The predicted octanol–water partition coefficient (Wildman–Crippen LogP) is 5.34. The fraction of sp³-hybridized carbons (Fsp3) is 1.00. The van der Waals surface area contributed by atoms with Gasteiger partial charge >= 0.3 is 37.1 Å². The first-order valence-electron chi connectivity index (χ1n) is 7.86. The van der Waals surface area contributed by atoms with Crippen LogP contribution in [0.5, 0.6) is 0 Å². The second kappa shape index (κ2) is 8.63. The molecule has 0 unspecified atom stereocenters. The normalized spacial score (nSPS) is 16.4. The number of aliphatic hydroxyl groups is 3.